The molecular formula is C21H23Cl2SSiZr. The summed E-state index contributed by atoms with van der Waals surface area (Å²) in [5.74, 6) is 0. The summed E-state index contributed by atoms with van der Waals surface area (Å²) in [6.45, 7) is 6.92. The minimum absolute atomic E-state index is 0. The molecule has 4 rings (SSSR count). The van der Waals surface area contributed by atoms with Crippen LogP contribution in [0.1, 0.15) is 18.1 Å². The summed E-state index contributed by atoms with van der Waals surface area (Å²) >= 11 is 1.88. The van der Waals surface area contributed by atoms with Crippen LogP contribution in [-0.4, -0.2) is 15.1 Å². The smallest absolute Gasteiger partial charge is 1.00 e. The normalized spacial score (nSPS) is 15.5. The van der Waals surface area contributed by atoms with Gasteiger partial charge in [0.25, 0.3) is 0 Å². The Morgan fingerprint density at radius 2 is 1.73 bits per heavy atom. The first-order valence-electron chi connectivity index (χ1n) is 8.05. The molecule has 1 aromatic rings. The van der Waals surface area contributed by atoms with Crippen LogP contribution in [0.2, 0.25) is 13.1 Å². The summed E-state index contributed by atoms with van der Waals surface area (Å²) in [5.41, 5.74) is 7.26. The van der Waals surface area contributed by atoms with Crippen molar-refractivity contribution in [2.45, 2.75) is 26.4 Å². The molecule has 0 saturated carbocycles. The summed E-state index contributed by atoms with van der Waals surface area (Å²) < 4.78 is 0. The zero-order chi connectivity index (χ0) is 16.4. The van der Waals surface area contributed by atoms with Crippen LogP contribution in [0, 0.1) is 0 Å². The monoisotopic (exact) mass is 495 g/mol. The number of thioether (sulfide) groups is 1. The Kier molecular flexibility index (Phi) is 11.7. The summed E-state index contributed by atoms with van der Waals surface area (Å²) in [5, 5.41) is 1.62. The number of hydrogen-bond donors (Lipinski definition) is 0. The van der Waals surface area contributed by atoms with Gasteiger partial charge in [-0.3, -0.25) is 0 Å². The molecule has 26 heavy (non-hydrogen) atoms. The van der Waals surface area contributed by atoms with Gasteiger partial charge in [-0.15, -0.1) is 11.8 Å². The van der Waals surface area contributed by atoms with E-state index in [1.54, 1.807) is 5.20 Å². The molecule has 3 aliphatic rings. The third-order valence-corrected chi connectivity index (χ3v) is 6.78. The Morgan fingerprint density at radius 3 is 2.35 bits per heavy atom. The molecule has 1 radical (unpaired) electrons. The van der Waals surface area contributed by atoms with Gasteiger partial charge in [0.15, 0.2) is 0 Å². The molecule has 0 amide bonds. The maximum atomic E-state index is 2.37. The van der Waals surface area contributed by atoms with Crippen LogP contribution in [0.4, 0.5) is 0 Å². The maximum absolute atomic E-state index is 2.37. The van der Waals surface area contributed by atoms with E-state index in [-0.39, 0.29) is 59.8 Å². The van der Waals surface area contributed by atoms with Crippen LogP contribution >= 0.6 is 11.8 Å². The second kappa shape index (κ2) is 11.7. The van der Waals surface area contributed by atoms with E-state index in [1.807, 2.05) is 11.8 Å². The Balaban J connectivity index is 0.000000441. The average molecular weight is 498 g/mol. The van der Waals surface area contributed by atoms with E-state index < -0.39 is 0 Å². The van der Waals surface area contributed by atoms with Gasteiger partial charge >= 0.3 is 26.2 Å². The number of allylic oxidation sites excluding steroid dienone is 8. The zero-order valence-electron chi connectivity index (χ0n) is 15.6. The Labute approximate surface area is 195 Å². The largest absolute Gasteiger partial charge is 2.00 e. The van der Waals surface area contributed by atoms with E-state index in [1.165, 1.54) is 32.8 Å². The van der Waals surface area contributed by atoms with Gasteiger partial charge in [0.2, 0.25) is 0 Å². The Morgan fingerprint density at radius 1 is 1.04 bits per heavy atom. The molecule has 0 aliphatic heterocycles. The molecule has 0 bridgehead atoms. The van der Waals surface area contributed by atoms with E-state index >= 15 is 0 Å². The van der Waals surface area contributed by atoms with Crippen molar-refractivity contribution in [1.82, 2.24) is 0 Å². The first kappa shape index (κ1) is 26.0. The Hall–Kier alpha value is -0.0500. The summed E-state index contributed by atoms with van der Waals surface area (Å²) in [7, 11) is -0.327. The van der Waals surface area contributed by atoms with Crippen LogP contribution in [0.3, 0.4) is 0 Å². The van der Waals surface area contributed by atoms with Crippen LogP contribution in [0.25, 0.3) is 6.08 Å². The van der Waals surface area contributed by atoms with Crippen molar-refractivity contribution >= 4 is 26.6 Å². The fraction of sp³-hybridized carbons (Fsp3) is 0.238. The van der Waals surface area contributed by atoms with Crippen molar-refractivity contribution in [2.24, 2.45) is 0 Å². The van der Waals surface area contributed by atoms with Crippen molar-refractivity contribution in [2.75, 3.05) is 6.26 Å². The summed E-state index contributed by atoms with van der Waals surface area (Å²) in [4.78, 5) is 1.49. The SMILES string of the molecule is CC1=Cc2ccccc2C1.CSC1=CC2=CC=CC2=C1[Si](C)C.[Cl-].[Cl-].[Zr+2]. The second-order valence-electron chi connectivity index (χ2n) is 6.35. The van der Waals surface area contributed by atoms with Gasteiger partial charge in [-0.25, -0.2) is 0 Å². The molecule has 3 aliphatic carbocycles. The van der Waals surface area contributed by atoms with Crippen molar-refractivity contribution in [1.29, 1.82) is 0 Å². The zero-order valence-corrected chi connectivity index (χ0v) is 21.4. The first-order valence-corrected chi connectivity index (χ1v) is 11.8. The van der Waals surface area contributed by atoms with Crippen molar-refractivity contribution in [3.63, 3.8) is 0 Å². The molecule has 0 nitrogen and oxygen atoms in total. The van der Waals surface area contributed by atoms with Crippen LogP contribution in [-0.2, 0) is 32.6 Å². The number of hydrogen-bond acceptors (Lipinski definition) is 1. The quantitative estimate of drug-likeness (QED) is 0.518. The molecule has 0 heterocycles. The third kappa shape index (κ3) is 5.72. The maximum Gasteiger partial charge on any atom is 2.00 e. The molecule has 1 aromatic carbocycles. The molecule has 0 spiro atoms. The number of halogens is 2. The summed E-state index contributed by atoms with van der Waals surface area (Å²) in [6, 6.07) is 8.56. The van der Waals surface area contributed by atoms with E-state index in [9.17, 15) is 0 Å². The molecule has 0 N–H and O–H groups in total. The van der Waals surface area contributed by atoms with Crippen LogP contribution < -0.4 is 24.8 Å². The number of rotatable bonds is 2. The number of fused-ring (bicyclic) bond motifs is 2. The second-order valence-corrected chi connectivity index (χ2v) is 9.70. The number of benzene rings is 1. The van der Waals surface area contributed by atoms with Crippen molar-refractivity contribution < 1.29 is 51.0 Å². The van der Waals surface area contributed by atoms with Gasteiger partial charge in [-0.2, -0.15) is 0 Å². The van der Waals surface area contributed by atoms with Gasteiger partial charge < -0.3 is 24.8 Å². The molecular weight excluding hydrogens is 475 g/mol. The molecule has 0 fully saturated rings. The first-order chi connectivity index (χ1) is 11.1. The summed E-state index contributed by atoms with van der Waals surface area (Å²) in [6.07, 6.45) is 14.5. The van der Waals surface area contributed by atoms with E-state index in [2.05, 4.69) is 80.9 Å². The molecule has 5 heteroatoms. The van der Waals surface area contributed by atoms with Gasteiger partial charge in [-0.05, 0) is 53.1 Å². The fourth-order valence-corrected chi connectivity index (χ4v) is 6.07. The van der Waals surface area contributed by atoms with Gasteiger partial charge in [-0.1, -0.05) is 67.2 Å². The minimum atomic E-state index is -0.327. The van der Waals surface area contributed by atoms with Crippen molar-refractivity contribution in [3.8, 4) is 0 Å². The molecule has 0 atom stereocenters. The predicted molar refractivity (Wildman–Crippen MR) is 107 cm³/mol. The topological polar surface area (TPSA) is 0 Å². The Bertz CT molecular complexity index is 789. The molecule has 0 aromatic heterocycles. The fourth-order valence-electron chi connectivity index (χ4n) is 3.26. The third-order valence-electron chi connectivity index (χ3n) is 4.30. The van der Waals surface area contributed by atoms with E-state index in [0.29, 0.717) is 0 Å². The molecule has 135 valence electrons. The predicted octanol–water partition coefficient (Wildman–Crippen LogP) is -0.0152. The minimum Gasteiger partial charge on any atom is -1.00 e. The molecule has 0 saturated heterocycles. The van der Waals surface area contributed by atoms with Gasteiger partial charge in [0, 0.05) is 4.91 Å². The van der Waals surface area contributed by atoms with Crippen LogP contribution in [0.5, 0.6) is 0 Å². The van der Waals surface area contributed by atoms with Crippen molar-refractivity contribution in [3.05, 3.63) is 86.5 Å². The standard InChI is InChI=1S/C11H13SSi.C10H10.2ClH.Zr/c1-12-10-7-8-5-4-6-9(8)11(10)13(2)3;1-8-6-9-4-2-3-5-10(9)7-8;;;/h4-7H,1-3H3;2-6H,7H2,1H3;2*1H;/q;;;;+2/p-2. The average Bonchev–Trinajstić information content (AvgIpc) is 3.18. The van der Waals surface area contributed by atoms with E-state index in [0.717, 1.165) is 6.42 Å². The molecule has 0 unspecified atom stereocenters. The van der Waals surface area contributed by atoms with Gasteiger partial charge in [0.1, 0.15) is 0 Å². The van der Waals surface area contributed by atoms with E-state index in [4.69, 9.17) is 0 Å². The van der Waals surface area contributed by atoms with Gasteiger partial charge in [0.05, 0.1) is 8.80 Å². The van der Waals surface area contributed by atoms with Crippen LogP contribution in [0.15, 0.2) is 75.4 Å².